The van der Waals surface area contributed by atoms with Crippen LogP contribution in [0.25, 0.3) is 0 Å². The van der Waals surface area contributed by atoms with Crippen molar-refractivity contribution in [3.63, 3.8) is 0 Å². The highest BCUT2D eigenvalue weighted by Crippen LogP contribution is 2.30. The van der Waals surface area contributed by atoms with E-state index in [-0.39, 0.29) is 5.91 Å². The zero-order valence-corrected chi connectivity index (χ0v) is 13.8. The van der Waals surface area contributed by atoms with Crippen LogP contribution in [0.15, 0.2) is 23.1 Å². The molecule has 0 unspecified atom stereocenters. The van der Waals surface area contributed by atoms with E-state index in [4.69, 9.17) is 0 Å². The maximum Gasteiger partial charge on any atom is 0.243 e. The molecule has 2 aliphatic heterocycles. The Morgan fingerprint density at radius 2 is 1.82 bits per heavy atom. The van der Waals surface area contributed by atoms with Gasteiger partial charge in [-0.05, 0) is 48.4 Å². The Labute approximate surface area is 131 Å². The maximum absolute atomic E-state index is 12.9. The molecular formula is C16H22N2O3S. The van der Waals surface area contributed by atoms with Gasteiger partial charge in [-0.2, -0.15) is 4.31 Å². The highest BCUT2D eigenvalue weighted by Gasteiger charge is 2.32. The van der Waals surface area contributed by atoms with Gasteiger partial charge in [0.2, 0.25) is 15.9 Å². The first-order valence-corrected chi connectivity index (χ1v) is 9.23. The molecule has 2 aliphatic rings. The topological polar surface area (TPSA) is 66.5 Å². The third-order valence-corrected chi connectivity index (χ3v) is 6.27. The summed E-state index contributed by atoms with van der Waals surface area (Å²) in [6.07, 6.45) is 2.08. The van der Waals surface area contributed by atoms with Crippen LogP contribution in [0.2, 0.25) is 0 Å². The highest BCUT2D eigenvalue weighted by molar-refractivity contribution is 7.89. The fourth-order valence-corrected chi connectivity index (χ4v) is 5.20. The molecule has 2 atom stereocenters. The molecule has 0 spiro atoms. The van der Waals surface area contributed by atoms with Crippen molar-refractivity contribution in [3.05, 3.63) is 23.8 Å². The van der Waals surface area contributed by atoms with E-state index in [9.17, 15) is 13.2 Å². The summed E-state index contributed by atoms with van der Waals surface area (Å²) in [7, 11) is -3.45. The molecule has 0 aliphatic carbocycles. The van der Waals surface area contributed by atoms with Gasteiger partial charge in [-0.3, -0.25) is 4.79 Å². The Morgan fingerprint density at radius 1 is 1.14 bits per heavy atom. The van der Waals surface area contributed by atoms with Crippen molar-refractivity contribution < 1.29 is 13.2 Å². The van der Waals surface area contributed by atoms with Crippen molar-refractivity contribution in [2.24, 2.45) is 11.8 Å². The Kier molecular flexibility index (Phi) is 3.99. The summed E-state index contributed by atoms with van der Waals surface area (Å²) in [5.74, 6) is 0.757. The number of nitrogens with zero attached hydrogens (tertiary/aromatic N) is 1. The summed E-state index contributed by atoms with van der Waals surface area (Å²) in [5.41, 5.74) is 1.63. The number of benzene rings is 1. The summed E-state index contributed by atoms with van der Waals surface area (Å²) in [4.78, 5) is 11.7. The van der Waals surface area contributed by atoms with Crippen LogP contribution >= 0.6 is 0 Å². The number of hydrogen-bond donors (Lipinski definition) is 1. The van der Waals surface area contributed by atoms with Crippen LogP contribution in [0.3, 0.4) is 0 Å². The molecule has 1 N–H and O–H groups in total. The van der Waals surface area contributed by atoms with E-state index in [0.29, 0.717) is 42.7 Å². The number of amides is 1. The molecule has 1 aromatic carbocycles. The van der Waals surface area contributed by atoms with Crippen molar-refractivity contribution in [3.8, 4) is 0 Å². The van der Waals surface area contributed by atoms with Crippen LogP contribution in [-0.2, 0) is 21.2 Å². The molecule has 6 heteroatoms. The van der Waals surface area contributed by atoms with E-state index in [2.05, 4.69) is 19.2 Å². The Hall–Kier alpha value is -1.40. The quantitative estimate of drug-likeness (QED) is 0.908. The van der Waals surface area contributed by atoms with Crippen LogP contribution in [0.4, 0.5) is 5.69 Å². The van der Waals surface area contributed by atoms with Crippen molar-refractivity contribution in [1.29, 1.82) is 0 Å². The number of anilines is 1. The average molecular weight is 322 g/mol. The SMILES string of the molecule is C[C@H]1C[C@H](C)CN(S(=O)(=O)c2ccc3c(c2)CCC(=O)N3)C1. The Bertz CT molecular complexity index is 689. The molecule has 1 saturated heterocycles. The summed E-state index contributed by atoms with van der Waals surface area (Å²) >= 11 is 0. The predicted molar refractivity (Wildman–Crippen MR) is 85.1 cm³/mol. The first kappa shape index (κ1) is 15.5. The van der Waals surface area contributed by atoms with Gasteiger partial charge < -0.3 is 5.32 Å². The number of carbonyl (C=O) groups is 1. The highest BCUT2D eigenvalue weighted by atomic mass is 32.2. The lowest BCUT2D eigenvalue weighted by molar-refractivity contribution is -0.116. The minimum Gasteiger partial charge on any atom is -0.326 e. The van der Waals surface area contributed by atoms with Gasteiger partial charge in [-0.25, -0.2) is 8.42 Å². The standard InChI is InChI=1S/C16H22N2O3S/c1-11-7-12(2)10-18(9-11)22(20,21)14-4-5-15-13(8-14)3-6-16(19)17-15/h4-5,8,11-12H,3,6-7,9-10H2,1-2H3,(H,17,19)/t11-,12-/m0/s1. The summed E-state index contributed by atoms with van der Waals surface area (Å²) in [6, 6.07) is 5.02. The average Bonchev–Trinajstić information content (AvgIpc) is 2.45. The predicted octanol–water partition coefficient (Wildman–Crippen LogP) is 2.24. The van der Waals surface area contributed by atoms with Crippen LogP contribution in [0.5, 0.6) is 0 Å². The second-order valence-electron chi connectivity index (χ2n) is 6.64. The third-order valence-electron chi connectivity index (χ3n) is 4.45. The molecule has 2 heterocycles. The molecular weight excluding hydrogens is 300 g/mol. The normalized spacial score (nSPS) is 26.4. The molecule has 1 aromatic rings. The second-order valence-corrected chi connectivity index (χ2v) is 8.57. The lowest BCUT2D eigenvalue weighted by atomic mass is 9.94. The van der Waals surface area contributed by atoms with E-state index >= 15 is 0 Å². The number of fused-ring (bicyclic) bond motifs is 1. The van der Waals surface area contributed by atoms with Crippen molar-refractivity contribution >= 4 is 21.6 Å². The number of carbonyl (C=O) groups excluding carboxylic acids is 1. The summed E-state index contributed by atoms with van der Waals surface area (Å²) < 4.78 is 27.3. The fourth-order valence-electron chi connectivity index (χ4n) is 3.47. The van der Waals surface area contributed by atoms with Gasteiger partial charge in [0.1, 0.15) is 0 Å². The fraction of sp³-hybridized carbons (Fsp3) is 0.562. The van der Waals surface area contributed by atoms with Crippen molar-refractivity contribution in [2.75, 3.05) is 18.4 Å². The van der Waals surface area contributed by atoms with Gasteiger partial charge in [0, 0.05) is 25.2 Å². The lowest BCUT2D eigenvalue weighted by Crippen LogP contribution is -2.42. The molecule has 22 heavy (non-hydrogen) atoms. The molecule has 3 rings (SSSR count). The van der Waals surface area contributed by atoms with Crippen LogP contribution in [0, 0.1) is 11.8 Å². The van der Waals surface area contributed by atoms with Crippen LogP contribution in [0.1, 0.15) is 32.3 Å². The number of sulfonamides is 1. The van der Waals surface area contributed by atoms with Gasteiger partial charge >= 0.3 is 0 Å². The molecule has 5 nitrogen and oxygen atoms in total. The van der Waals surface area contributed by atoms with Gasteiger partial charge in [0.15, 0.2) is 0 Å². The third kappa shape index (κ3) is 2.90. The molecule has 1 amide bonds. The summed E-state index contributed by atoms with van der Waals surface area (Å²) in [5, 5.41) is 2.78. The van der Waals surface area contributed by atoms with E-state index in [1.165, 1.54) is 0 Å². The number of hydrogen-bond acceptors (Lipinski definition) is 3. The van der Waals surface area contributed by atoms with Crippen LogP contribution in [-0.4, -0.2) is 31.7 Å². The van der Waals surface area contributed by atoms with Gasteiger partial charge in [-0.15, -0.1) is 0 Å². The first-order chi connectivity index (χ1) is 10.4. The molecule has 0 bridgehead atoms. The number of nitrogens with one attached hydrogen (secondary N) is 1. The van der Waals surface area contributed by atoms with Gasteiger partial charge in [0.25, 0.3) is 0 Å². The molecule has 1 fully saturated rings. The smallest absolute Gasteiger partial charge is 0.243 e. The zero-order valence-electron chi connectivity index (χ0n) is 13.0. The monoisotopic (exact) mass is 322 g/mol. The van der Waals surface area contributed by atoms with E-state index in [0.717, 1.165) is 17.7 Å². The number of aryl methyl sites for hydroxylation is 1. The lowest BCUT2D eigenvalue weighted by Gasteiger charge is -2.34. The molecule has 0 saturated carbocycles. The molecule has 0 radical (unpaired) electrons. The Morgan fingerprint density at radius 3 is 2.50 bits per heavy atom. The minimum absolute atomic E-state index is 0.0122. The molecule has 120 valence electrons. The minimum atomic E-state index is -3.45. The Balaban J connectivity index is 1.91. The number of rotatable bonds is 2. The number of piperidine rings is 1. The van der Waals surface area contributed by atoms with Crippen molar-refractivity contribution in [1.82, 2.24) is 4.31 Å². The van der Waals surface area contributed by atoms with Crippen molar-refractivity contribution in [2.45, 2.75) is 38.0 Å². The largest absolute Gasteiger partial charge is 0.326 e. The van der Waals surface area contributed by atoms with Crippen LogP contribution < -0.4 is 5.32 Å². The van der Waals surface area contributed by atoms with Gasteiger partial charge in [0.05, 0.1) is 4.90 Å². The first-order valence-electron chi connectivity index (χ1n) is 7.79. The van der Waals surface area contributed by atoms with Gasteiger partial charge in [-0.1, -0.05) is 13.8 Å². The van der Waals surface area contributed by atoms with E-state index < -0.39 is 10.0 Å². The van der Waals surface area contributed by atoms with E-state index in [1.807, 2.05) is 0 Å². The van der Waals surface area contributed by atoms with E-state index in [1.54, 1.807) is 22.5 Å². The second kappa shape index (κ2) is 5.66. The maximum atomic E-state index is 12.9. The summed E-state index contributed by atoms with van der Waals surface area (Å²) in [6.45, 7) is 5.36. The molecule has 0 aromatic heterocycles. The zero-order chi connectivity index (χ0) is 15.9.